The Kier molecular flexibility index (Phi) is 3.08. The van der Waals surface area contributed by atoms with Crippen molar-refractivity contribution in [2.24, 2.45) is 5.92 Å². The lowest BCUT2D eigenvalue weighted by Gasteiger charge is -2.30. The van der Waals surface area contributed by atoms with E-state index < -0.39 is 0 Å². The van der Waals surface area contributed by atoms with Crippen molar-refractivity contribution < 1.29 is 0 Å². The number of hydrogen-bond acceptors (Lipinski definition) is 2. The van der Waals surface area contributed by atoms with Crippen LogP contribution in [-0.4, -0.2) is 15.6 Å². The Balaban J connectivity index is 1.71. The molecule has 2 aliphatic carbocycles. The summed E-state index contributed by atoms with van der Waals surface area (Å²) in [6.45, 7) is 2.32. The van der Waals surface area contributed by atoms with Gasteiger partial charge in [0.2, 0.25) is 5.95 Å². The number of rotatable bonds is 4. The second-order valence-corrected chi connectivity index (χ2v) is 5.67. The number of aromatic nitrogens is 2. The molecule has 94 valence electrons. The molecular formula is C14H23N3. The minimum absolute atomic E-state index is 0.678. The molecule has 2 fully saturated rings. The Hall–Kier alpha value is -0.990. The molecule has 1 aromatic rings. The molecule has 0 amide bonds. The van der Waals surface area contributed by atoms with E-state index in [0.29, 0.717) is 12.1 Å². The van der Waals surface area contributed by atoms with Gasteiger partial charge in [-0.2, -0.15) is 0 Å². The molecule has 3 nitrogen and oxygen atoms in total. The van der Waals surface area contributed by atoms with E-state index in [1.807, 2.05) is 6.20 Å². The molecule has 1 heterocycles. The number of nitrogens with one attached hydrogen (secondary N) is 1. The van der Waals surface area contributed by atoms with Gasteiger partial charge in [0.15, 0.2) is 0 Å². The van der Waals surface area contributed by atoms with Crippen molar-refractivity contribution in [3.63, 3.8) is 0 Å². The maximum Gasteiger partial charge on any atom is 0.203 e. The standard InChI is InChI=1S/C14H23N3/c1-2-11-4-3-5-13(10-11)17-9-8-15-14(17)16-12-6-7-12/h8-9,11-13H,2-7,10H2,1H3,(H,15,16). The van der Waals surface area contributed by atoms with Crippen molar-refractivity contribution in [1.29, 1.82) is 0 Å². The van der Waals surface area contributed by atoms with Crippen LogP contribution in [0.25, 0.3) is 0 Å². The first-order valence-electron chi connectivity index (χ1n) is 7.16. The molecule has 2 unspecified atom stereocenters. The van der Waals surface area contributed by atoms with Crippen LogP contribution in [0.5, 0.6) is 0 Å². The van der Waals surface area contributed by atoms with Crippen molar-refractivity contribution in [2.45, 2.75) is 64.0 Å². The molecule has 0 aliphatic heterocycles. The summed E-state index contributed by atoms with van der Waals surface area (Å²) in [5.74, 6) is 2.03. The average molecular weight is 233 g/mol. The second kappa shape index (κ2) is 4.71. The van der Waals surface area contributed by atoms with E-state index in [1.165, 1.54) is 44.9 Å². The summed E-state index contributed by atoms with van der Waals surface area (Å²) < 4.78 is 2.39. The Morgan fingerprint density at radius 2 is 2.24 bits per heavy atom. The van der Waals surface area contributed by atoms with E-state index in [0.717, 1.165) is 11.9 Å². The van der Waals surface area contributed by atoms with Crippen LogP contribution in [0.4, 0.5) is 5.95 Å². The summed E-state index contributed by atoms with van der Waals surface area (Å²) in [5.41, 5.74) is 0. The van der Waals surface area contributed by atoms with E-state index in [9.17, 15) is 0 Å². The van der Waals surface area contributed by atoms with Crippen LogP contribution in [0, 0.1) is 5.92 Å². The average Bonchev–Trinajstić information content (AvgIpc) is 3.06. The fourth-order valence-corrected chi connectivity index (χ4v) is 3.02. The first-order chi connectivity index (χ1) is 8.36. The van der Waals surface area contributed by atoms with Gasteiger partial charge in [-0.05, 0) is 31.6 Å². The van der Waals surface area contributed by atoms with Crippen molar-refractivity contribution in [2.75, 3.05) is 5.32 Å². The second-order valence-electron chi connectivity index (χ2n) is 5.67. The summed E-state index contributed by atoms with van der Waals surface area (Å²) >= 11 is 0. The largest absolute Gasteiger partial charge is 0.353 e. The Morgan fingerprint density at radius 1 is 1.35 bits per heavy atom. The first kappa shape index (κ1) is 11.1. The fraction of sp³-hybridized carbons (Fsp3) is 0.786. The van der Waals surface area contributed by atoms with Gasteiger partial charge in [-0.3, -0.25) is 0 Å². The number of nitrogens with zero attached hydrogens (tertiary/aromatic N) is 2. The van der Waals surface area contributed by atoms with Crippen LogP contribution in [0.2, 0.25) is 0 Å². The quantitative estimate of drug-likeness (QED) is 0.861. The molecule has 1 N–H and O–H groups in total. The van der Waals surface area contributed by atoms with Crippen LogP contribution in [0.3, 0.4) is 0 Å². The third kappa shape index (κ3) is 2.48. The summed E-state index contributed by atoms with van der Waals surface area (Å²) in [7, 11) is 0. The van der Waals surface area contributed by atoms with Crippen LogP contribution >= 0.6 is 0 Å². The summed E-state index contributed by atoms with van der Waals surface area (Å²) in [6.07, 6.45) is 13.5. The van der Waals surface area contributed by atoms with E-state index in [-0.39, 0.29) is 0 Å². The highest BCUT2D eigenvalue weighted by Gasteiger charge is 2.26. The molecule has 0 aromatic carbocycles. The van der Waals surface area contributed by atoms with Crippen molar-refractivity contribution in [3.8, 4) is 0 Å². The number of hydrogen-bond donors (Lipinski definition) is 1. The molecule has 2 aliphatic rings. The molecule has 0 saturated heterocycles. The molecule has 1 aromatic heterocycles. The minimum Gasteiger partial charge on any atom is -0.353 e. The normalized spacial score (nSPS) is 29.2. The SMILES string of the molecule is CCC1CCCC(n2ccnc2NC2CC2)C1. The topological polar surface area (TPSA) is 29.9 Å². The van der Waals surface area contributed by atoms with Gasteiger partial charge in [0, 0.05) is 24.5 Å². The van der Waals surface area contributed by atoms with Gasteiger partial charge >= 0.3 is 0 Å². The van der Waals surface area contributed by atoms with Gasteiger partial charge in [0.05, 0.1) is 0 Å². The van der Waals surface area contributed by atoms with Gasteiger partial charge in [-0.1, -0.05) is 26.2 Å². The molecule has 3 rings (SSSR count). The Morgan fingerprint density at radius 3 is 3.00 bits per heavy atom. The smallest absolute Gasteiger partial charge is 0.203 e. The summed E-state index contributed by atoms with van der Waals surface area (Å²) in [5, 5.41) is 3.55. The van der Waals surface area contributed by atoms with Crippen LogP contribution in [0.1, 0.15) is 57.9 Å². The van der Waals surface area contributed by atoms with Gasteiger partial charge in [-0.25, -0.2) is 4.98 Å². The number of anilines is 1. The van der Waals surface area contributed by atoms with Gasteiger partial charge in [0.1, 0.15) is 0 Å². The highest BCUT2D eigenvalue weighted by atomic mass is 15.2. The van der Waals surface area contributed by atoms with E-state index in [4.69, 9.17) is 0 Å². The lowest BCUT2D eigenvalue weighted by atomic mass is 9.84. The van der Waals surface area contributed by atoms with Crippen molar-refractivity contribution >= 4 is 5.95 Å². The van der Waals surface area contributed by atoms with Gasteiger partial charge in [0.25, 0.3) is 0 Å². The highest BCUT2D eigenvalue weighted by molar-refractivity contribution is 5.30. The molecule has 3 heteroatoms. The molecule has 17 heavy (non-hydrogen) atoms. The monoisotopic (exact) mass is 233 g/mol. The third-order valence-corrected chi connectivity index (χ3v) is 4.31. The maximum atomic E-state index is 4.47. The molecule has 2 saturated carbocycles. The van der Waals surface area contributed by atoms with Crippen LogP contribution in [0.15, 0.2) is 12.4 Å². The van der Waals surface area contributed by atoms with Crippen LogP contribution < -0.4 is 5.32 Å². The lowest BCUT2D eigenvalue weighted by molar-refractivity contribution is 0.263. The Labute approximate surface area is 104 Å². The minimum atomic E-state index is 0.678. The molecular weight excluding hydrogens is 210 g/mol. The predicted molar refractivity (Wildman–Crippen MR) is 70.2 cm³/mol. The number of imidazole rings is 1. The van der Waals surface area contributed by atoms with E-state index in [2.05, 4.69) is 28.0 Å². The first-order valence-corrected chi connectivity index (χ1v) is 7.16. The maximum absolute atomic E-state index is 4.47. The van der Waals surface area contributed by atoms with Crippen LogP contribution in [-0.2, 0) is 0 Å². The molecule has 0 radical (unpaired) electrons. The van der Waals surface area contributed by atoms with E-state index >= 15 is 0 Å². The zero-order chi connectivity index (χ0) is 11.7. The van der Waals surface area contributed by atoms with Crippen molar-refractivity contribution in [1.82, 2.24) is 9.55 Å². The lowest BCUT2D eigenvalue weighted by Crippen LogP contribution is -2.20. The van der Waals surface area contributed by atoms with Gasteiger partial charge < -0.3 is 9.88 Å². The summed E-state index contributed by atoms with van der Waals surface area (Å²) in [4.78, 5) is 4.47. The van der Waals surface area contributed by atoms with E-state index in [1.54, 1.807) is 0 Å². The molecule has 2 atom stereocenters. The predicted octanol–water partition coefficient (Wildman–Crippen LogP) is 3.60. The zero-order valence-corrected chi connectivity index (χ0v) is 10.7. The third-order valence-electron chi connectivity index (χ3n) is 4.31. The highest BCUT2D eigenvalue weighted by Crippen LogP contribution is 2.36. The van der Waals surface area contributed by atoms with Crippen molar-refractivity contribution in [3.05, 3.63) is 12.4 Å². The molecule has 0 spiro atoms. The van der Waals surface area contributed by atoms with Gasteiger partial charge in [-0.15, -0.1) is 0 Å². The fourth-order valence-electron chi connectivity index (χ4n) is 3.02. The Bertz CT molecular complexity index is 367. The molecule has 0 bridgehead atoms. The zero-order valence-electron chi connectivity index (χ0n) is 10.7. The summed E-state index contributed by atoms with van der Waals surface area (Å²) in [6, 6.07) is 1.37.